The maximum atomic E-state index is 3.38. The molecule has 2 aliphatic rings. The van der Waals surface area contributed by atoms with Gasteiger partial charge in [-0.25, -0.2) is 0 Å². The molecule has 1 heterocycles. The van der Waals surface area contributed by atoms with Gasteiger partial charge in [0, 0.05) is 1.43 Å². The largest absolute Gasteiger partial charge is 0.317 e. The van der Waals surface area contributed by atoms with E-state index in [0.717, 1.165) is 5.41 Å². The van der Waals surface area contributed by atoms with Crippen LogP contribution >= 0.6 is 0 Å². The molecule has 2 fully saturated rings. The molecule has 0 radical (unpaired) electrons. The van der Waals surface area contributed by atoms with Crippen LogP contribution in [-0.2, 0) is 0 Å². The molecule has 0 atom stereocenters. The van der Waals surface area contributed by atoms with Gasteiger partial charge in [0.25, 0.3) is 0 Å². The van der Waals surface area contributed by atoms with Gasteiger partial charge < -0.3 is 5.32 Å². The van der Waals surface area contributed by atoms with Crippen molar-refractivity contribution in [3.05, 3.63) is 0 Å². The van der Waals surface area contributed by atoms with Crippen LogP contribution in [-0.4, -0.2) is 13.1 Å². The molecule has 1 saturated carbocycles. The quantitative estimate of drug-likeness (QED) is 0.591. The number of hydrogen-bond donors (Lipinski definition) is 1. The molecule has 1 saturated heterocycles. The molecule has 12 heavy (non-hydrogen) atoms. The molecule has 0 aromatic carbocycles. The second-order valence-corrected chi connectivity index (χ2v) is 3.25. The summed E-state index contributed by atoms with van der Waals surface area (Å²) in [6.45, 7) is 10.6. The lowest BCUT2D eigenvalue weighted by atomic mass is 9.95. The minimum Gasteiger partial charge on any atom is -0.317 e. The summed E-state index contributed by atoms with van der Waals surface area (Å²) in [5, 5.41) is 3.38. The zero-order valence-electron chi connectivity index (χ0n) is 9.24. The zero-order chi connectivity index (χ0) is 9.45. The summed E-state index contributed by atoms with van der Waals surface area (Å²) in [5.41, 5.74) is 0.866. The average Bonchev–Trinajstić information content (AvgIpc) is 2.93. The van der Waals surface area contributed by atoms with Crippen LogP contribution in [0.4, 0.5) is 0 Å². The lowest BCUT2D eigenvalue weighted by Gasteiger charge is -2.20. The summed E-state index contributed by atoms with van der Waals surface area (Å²) in [4.78, 5) is 0. The van der Waals surface area contributed by atoms with Crippen molar-refractivity contribution >= 4 is 0 Å². The number of nitrogens with one attached hydrogen (secondary N) is 1. The first-order chi connectivity index (χ1) is 5.91. The summed E-state index contributed by atoms with van der Waals surface area (Å²) < 4.78 is 0. The molecule has 0 unspecified atom stereocenters. The van der Waals surface area contributed by atoms with Crippen LogP contribution < -0.4 is 5.32 Å². The highest BCUT2D eigenvalue weighted by atomic mass is 14.9. The van der Waals surface area contributed by atoms with Crippen molar-refractivity contribution in [1.29, 1.82) is 0 Å². The molecule has 0 amide bonds. The topological polar surface area (TPSA) is 12.0 Å². The Bertz CT molecular complexity index is 92.3. The van der Waals surface area contributed by atoms with E-state index < -0.39 is 0 Å². The summed E-state index contributed by atoms with van der Waals surface area (Å²) in [6, 6.07) is 0. The van der Waals surface area contributed by atoms with E-state index >= 15 is 0 Å². The predicted octanol–water partition coefficient (Wildman–Crippen LogP) is 3.45. The summed E-state index contributed by atoms with van der Waals surface area (Å²) in [5.74, 6) is 0. The predicted molar refractivity (Wildman–Crippen MR) is 58.6 cm³/mol. The van der Waals surface area contributed by atoms with Gasteiger partial charge in [0.05, 0.1) is 0 Å². The van der Waals surface area contributed by atoms with Crippen molar-refractivity contribution in [2.24, 2.45) is 5.41 Å². The Morgan fingerprint density at radius 1 is 0.833 bits per heavy atom. The highest BCUT2D eigenvalue weighted by Gasteiger charge is 2.42. The highest BCUT2D eigenvalue weighted by Crippen LogP contribution is 2.52. The van der Waals surface area contributed by atoms with Crippen molar-refractivity contribution in [1.82, 2.24) is 5.32 Å². The fourth-order valence-corrected chi connectivity index (χ4v) is 1.63. The van der Waals surface area contributed by atoms with Gasteiger partial charge in [0.1, 0.15) is 0 Å². The second-order valence-electron chi connectivity index (χ2n) is 3.25. The van der Waals surface area contributed by atoms with Gasteiger partial charge in [0.15, 0.2) is 0 Å². The smallest absolute Gasteiger partial charge is 0 e. The van der Waals surface area contributed by atoms with Crippen molar-refractivity contribution in [3.8, 4) is 0 Å². The van der Waals surface area contributed by atoms with Gasteiger partial charge in [-0.05, 0) is 44.2 Å². The molecule has 1 spiro atoms. The van der Waals surface area contributed by atoms with Crippen molar-refractivity contribution in [2.45, 2.75) is 53.4 Å². The van der Waals surface area contributed by atoms with Crippen LogP contribution in [0.25, 0.3) is 0 Å². The standard InChI is InChI=1S/C7H13N.2C2H6.H2/c1-2-7(1)3-5-8-6-4-7;2*1-2;/h8H,1-6H2;2*1-2H3;1H. The molecular formula is C11H27N. The van der Waals surface area contributed by atoms with E-state index in [2.05, 4.69) is 5.32 Å². The summed E-state index contributed by atoms with van der Waals surface area (Å²) in [7, 11) is 0. The fraction of sp³-hybridized carbons (Fsp3) is 1.00. The monoisotopic (exact) mass is 173 g/mol. The Hall–Kier alpha value is -0.0400. The molecule has 1 aliphatic heterocycles. The fourth-order valence-electron chi connectivity index (χ4n) is 1.63. The Morgan fingerprint density at radius 2 is 1.25 bits per heavy atom. The normalized spacial score (nSPS) is 23.0. The first-order valence-corrected chi connectivity index (χ1v) is 5.62. The van der Waals surface area contributed by atoms with Crippen LogP contribution in [0.1, 0.15) is 54.8 Å². The Labute approximate surface area is 79.4 Å². The van der Waals surface area contributed by atoms with Gasteiger partial charge in [-0.2, -0.15) is 0 Å². The minimum absolute atomic E-state index is 0. The number of piperidine rings is 1. The highest BCUT2D eigenvalue weighted by molar-refractivity contribution is 4.95. The van der Waals surface area contributed by atoms with E-state index in [-0.39, 0.29) is 1.43 Å². The van der Waals surface area contributed by atoms with Gasteiger partial charge in [-0.1, -0.05) is 27.7 Å². The molecular weight excluding hydrogens is 146 g/mol. The van der Waals surface area contributed by atoms with Crippen LogP contribution in [0.5, 0.6) is 0 Å². The molecule has 76 valence electrons. The lowest BCUT2D eigenvalue weighted by Crippen LogP contribution is -2.28. The molecule has 2 rings (SSSR count). The van der Waals surface area contributed by atoms with E-state index in [4.69, 9.17) is 0 Å². The van der Waals surface area contributed by atoms with E-state index in [1.165, 1.54) is 38.8 Å². The summed E-state index contributed by atoms with van der Waals surface area (Å²) >= 11 is 0. The number of rotatable bonds is 0. The van der Waals surface area contributed by atoms with E-state index in [1.54, 1.807) is 0 Å². The second kappa shape index (κ2) is 6.47. The molecule has 0 aromatic rings. The van der Waals surface area contributed by atoms with Crippen LogP contribution in [0.15, 0.2) is 0 Å². The first-order valence-electron chi connectivity index (χ1n) is 5.62. The van der Waals surface area contributed by atoms with Crippen LogP contribution in [0, 0.1) is 5.41 Å². The average molecular weight is 173 g/mol. The molecule has 1 heteroatoms. The number of hydrogen-bond acceptors (Lipinski definition) is 1. The Balaban J connectivity index is 0. The Kier molecular flexibility index (Phi) is 6.45. The molecule has 0 aromatic heterocycles. The first kappa shape index (κ1) is 12.0. The van der Waals surface area contributed by atoms with E-state index in [9.17, 15) is 0 Å². The van der Waals surface area contributed by atoms with Crippen molar-refractivity contribution < 1.29 is 1.43 Å². The molecule has 1 aliphatic carbocycles. The minimum atomic E-state index is 0. The van der Waals surface area contributed by atoms with Gasteiger partial charge in [-0.3, -0.25) is 0 Å². The molecule has 1 N–H and O–H groups in total. The summed E-state index contributed by atoms with van der Waals surface area (Å²) in [6.07, 6.45) is 5.95. The third kappa shape index (κ3) is 3.57. The maximum absolute atomic E-state index is 3.38. The van der Waals surface area contributed by atoms with Crippen molar-refractivity contribution in [2.75, 3.05) is 13.1 Å². The van der Waals surface area contributed by atoms with Gasteiger partial charge in [-0.15, -0.1) is 0 Å². The van der Waals surface area contributed by atoms with E-state index in [0.29, 0.717) is 0 Å². The lowest BCUT2D eigenvalue weighted by molar-refractivity contribution is 0.353. The molecule has 1 nitrogen and oxygen atoms in total. The van der Waals surface area contributed by atoms with Crippen LogP contribution in [0.2, 0.25) is 0 Å². The third-order valence-corrected chi connectivity index (χ3v) is 2.62. The Morgan fingerprint density at radius 3 is 1.50 bits per heavy atom. The van der Waals surface area contributed by atoms with Gasteiger partial charge >= 0.3 is 0 Å². The SMILES string of the molecule is C1CC2(CCN1)CC2.CC.CC.[HH]. The third-order valence-electron chi connectivity index (χ3n) is 2.62. The molecule has 0 bridgehead atoms. The van der Waals surface area contributed by atoms with Gasteiger partial charge in [0.2, 0.25) is 0 Å². The maximum Gasteiger partial charge on any atom is 0 e. The van der Waals surface area contributed by atoms with Crippen LogP contribution in [0.3, 0.4) is 0 Å². The van der Waals surface area contributed by atoms with E-state index in [1.807, 2.05) is 27.7 Å². The van der Waals surface area contributed by atoms with Crippen molar-refractivity contribution in [3.63, 3.8) is 0 Å². The zero-order valence-corrected chi connectivity index (χ0v) is 9.24.